The van der Waals surface area contributed by atoms with E-state index in [1.165, 1.54) is 0 Å². The molecule has 0 radical (unpaired) electrons. The molecule has 0 aromatic heterocycles. The number of ether oxygens (including phenoxy) is 1. The summed E-state index contributed by atoms with van der Waals surface area (Å²) in [6.07, 6.45) is 0. The summed E-state index contributed by atoms with van der Waals surface area (Å²) in [7, 11) is 0. The van der Waals surface area contributed by atoms with Crippen molar-refractivity contribution in [2.45, 2.75) is 20.5 Å². The highest BCUT2D eigenvalue weighted by molar-refractivity contribution is 5.94. The van der Waals surface area contributed by atoms with Crippen molar-refractivity contribution >= 4 is 5.78 Å². The molecule has 0 fully saturated rings. The van der Waals surface area contributed by atoms with Crippen LogP contribution in [0, 0.1) is 6.92 Å². The van der Waals surface area contributed by atoms with Crippen molar-refractivity contribution < 1.29 is 9.53 Å². The molecule has 0 saturated heterocycles. The third-order valence-electron chi connectivity index (χ3n) is 2.83. The second-order valence-electron chi connectivity index (χ2n) is 4.31. The summed E-state index contributed by atoms with van der Waals surface area (Å²) >= 11 is 0. The predicted octanol–water partition coefficient (Wildman–Crippen LogP) is 3.78. The maximum absolute atomic E-state index is 11.3. The van der Waals surface area contributed by atoms with Crippen LogP contribution in [0.3, 0.4) is 0 Å². The van der Waals surface area contributed by atoms with Gasteiger partial charge in [-0.25, -0.2) is 0 Å². The maximum atomic E-state index is 11.3. The fourth-order valence-corrected chi connectivity index (χ4v) is 1.71. The van der Waals surface area contributed by atoms with Crippen LogP contribution in [0.25, 0.3) is 0 Å². The second kappa shape index (κ2) is 5.50. The van der Waals surface area contributed by atoms with Crippen molar-refractivity contribution in [3.05, 3.63) is 65.2 Å². The lowest BCUT2D eigenvalue weighted by Crippen LogP contribution is -1.99. The Bertz CT molecular complexity index is 544. The summed E-state index contributed by atoms with van der Waals surface area (Å²) in [6, 6.07) is 15.5. The van der Waals surface area contributed by atoms with Crippen LogP contribution in [-0.2, 0) is 6.61 Å². The molecule has 0 unspecified atom stereocenters. The van der Waals surface area contributed by atoms with Crippen LogP contribution < -0.4 is 4.74 Å². The molecule has 2 rings (SSSR count). The van der Waals surface area contributed by atoms with Gasteiger partial charge in [0.1, 0.15) is 12.4 Å². The molecule has 0 aliphatic rings. The summed E-state index contributed by atoms with van der Waals surface area (Å²) in [5.74, 6) is 0.825. The summed E-state index contributed by atoms with van der Waals surface area (Å²) < 4.78 is 5.76. The Balaban J connectivity index is 2.14. The first-order valence-corrected chi connectivity index (χ1v) is 5.95. The zero-order chi connectivity index (χ0) is 13.0. The molecule has 2 aromatic carbocycles. The van der Waals surface area contributed by atoms with Gasteiger partial charge >= 0.3 is 0 Å². The van der Waals surface area contributed by atoms with Gasteiger partial charge in [-0.05, 0) is 31.0 Å². The molecule has 18 heavy (non-hydrogen) atoms. The average molecular weight is 240 g/mol. The average Bonchev–Trinajstić information content (AvgIpc) is 2.38. The summed E-state index contributed by atoms with van der Waals surface area (Å²) in [4.78, 5) is 11.3. The smallest absolute Gasteiger partial charge is 0.159 e. The largest absolute Gasteiger partial charge is 0.489 e. The Kier molecular flexibility index (Phi) is 3.78. The number of aryl methyl sites for hydroxylation is 1. The van der Waals surface area contributed by atoms with E-state index < -0.39 is 0 Å². The zero-order valence-corrected chi connectivity index (χ0v) is 10.6. The van der Waals surface area contributed by atoms with Gasteiger partial charge in [0, 0.05) is 5.56 Å². The fraction of sp³-hybridized carbons (Fsp3) is 0.188. The van der Waals surface area contributed by atoms with Crippen LogP contribution in [0.4, 0.5) is 0 Å². The van der Waals surface area contributed by atoms with Crippen molar-refractivity contribution in [3.63, 3.8) is 0 Å². The van der Waals surface area contributed by atoms with Gasteiger partial charge in [-0.3, -0.25) is 4.79 Å². The number of carbonyl (C=O) groups excluding carboxylic acids is 1. The second-order valence-corrected chi connectivity index (χ2v) is 4.31. The molecule has 2 nitrogen and oxygen atoms in total. The third kappa shape index (κ3) is 2.98. The molecule has 0 heterocycles. The minimum Gasteiger partial charge on any atom is -0.489 e. The highest BCUT2D eigenvalue weighted by Gasteiger charge is 2.05. The number of benzene rings is 2. The molecule has 0 aliphatic heterocycles. The molecule has 0 N–H and O–H groups in total. The minimum absolute atomic E-state index is 0.0551. The van der Waals surface area contributed by atoms with Crippen molar-refractivity contribution in [3.8, 4) is 5.75 Å². The van der Waals surface area contributed by atoms with Gasteiger partial charge in [-0.1, -0.05) is 42.5 Å². The van der Waals surface area contributed by atoms with Crippen molar-refractivity contribution in [1.82, 2.24) is 0 Å². The van der Waals surface area contributed by atoms with E-state index in [1.54, 1.807) is 13.0 Å². The van der Waals surface area contributed by atoms with Crippen molar-refractivity contribution in [1.29, 1.82) is 0 Å². The molecule has 0 amide bonds. The van der Waals surface area contributed by atoms with Gasteiger partial charge in [0.05, 0.1) is 0 Å². The number of ketones is 1. The standard InChI is InChI=1S/C16H16O2/c1-12-8-9-15(13(2)17)10-16(12)18-11-14-6-4-3-5-7-14/h3-10H,11H2,1-2H3. The number of rotatable bonds is 4. The SMILES string of the molecule is CC(=O)c1ccc(C)c(OCc2ccccc2)c1. The fourth-order valence-electron chi connectivity index (χ4n) is 1.71. The summed E-state index contributed by atoms with van der Waals surface area (Å²) in [5, 5.41) is 0. The Morgan fingerprint density at radius 2 is 1.83 bits per heavy atom. The van der Waals surface area contributed by atoms with Gasteiger partial charge < -0.3 is 4.74 Å². The van der Waals surface area contributed by atoms with Crippen LogP contribution >= 0.6 is 0 Å². The van der Waals surface area contributed by atoms with E-state index in [0.29, 0.717) is 12.2 Å². The van der Waals surface area contributed by atoms with Gasteiger partial charge in [0.25, 0.3) is 0 Å². The normalized spacial score (nSPS) is 10.1. The van der Waals surface area contributed by atoms with Crippen LogP contribution in [0.15, 0.2) is 48.5 Å². The Hall–Kier alpha value is -2.09. The van der Waals surface area contributed by atoms with Gasteiger partial charge in [-0.2, -0.15) is 0 Å². The van der Waals surface area contributed by atoms with Crippen molar-refractivity contribution in [2.75, 3.05) is 0 Å². The van der Waals surface area contributed by atoms with Gasteiger partial charge in [0.2, 0.25) is 0 Å². The molecule has 2 heteroatoms. The number of hydrogen-bond acceptors (Lipinski definition) is 2. The quantitative estimate of drug-likeness (QED) is 0.760. The van der Waals surface area contributed by atoms with Crippen LogP contribution in [0.2, 0.25) is 0 Å². The monoisotopic (exact) mass is 240 g/mol. The lowest BCUT2D eigenvalue weighted by molar-refractivity contribution is 0.101. The number of carbonyl (C=O) groups is 1. The highest BCUT2D eigenvalue weighted by atomic mass is 16.5. The Morgan fingerprint density at radius 1 is 1.11 bits per heavy atom. The van der Waals surface area contributed by atoms with Gasteiger partial charge in [0.15, 0.2) is 5.78 Å². The molecule has 0 atom stereocenters. The van der Waals surface area contributed by atoms with Crippen LogP contribution in [0.1, 0.15) is 28.4 Å². The molecular weight excluding hydrogens is 224 g/mol. The predicted molar refractivity (Wildman–Crippen MR) is 72.0 cm³/mol. The van der Waals surface area contributed by atoms with Crippen LogP contribution in [0.5, 0.6) is 5.75 Å². The van der Waals surface area contributed by atoms with E-state index in [1.807, 2.05) is 49.4 Å². The Labute approximate surface area is 107 Å². The topological polar surface area (TPSA) is 26.3 Å². The molecule has 0 bridgehead atoms. The van der Waals surface area contributed by atoms with E-state index in [-0.39, 0.29) is 5.78 Å². The number of Topliss-reactive ketones (excluding diaryl/α,β-unsaturated/α-hetero) is 1. The van der Waals surface area contributed by atoms with Crippen LogP contribution in [-0.4, -0.2) is 5.78 Å². The van der Waals surface area contributed by atoms with Gasteiger partial charge in [-0.15, -0.1) is 0 Å². The molecule has 0 aliphatic carbocycles. The molecule has 0 saturated carbocycles. The lowest BCUT2D eigenvalue weighted by Gasteiger charge is -2.10. The highest BCUT2D eigenvalue weighted by Crippen LogP contribution is 2.21. The summed E-state index contributed by atoms with van der Waals surface area (Å²) in [5.41, 5.74) is 2.84. The maximum Gasteiger partial charge on any atom is 0.159 e. The molecular formula is C16H16O2. The van der Waals surface area contributed by atoms with E-state index >= 15 is 0 Å². The third-order valence-corrected chi connectivity index (χ3v) is 2.83. The van der Waals surface area contributed by atoms with E-state index in [4.69, 9.17) is 4.74 Å². The first kappa shape index (κ1) is 12.4. The molecule has 0 spiro atoms. The first-order chi connectivity index (χ1) is 8.66. The molecule has 92 valence electrons. The lowest BCUT2D eigenvalue weighted by atomic mass is 10.1. The van der Waals surface area contributed by atoms with E-state index in [0.717, 1.165) is 16.9 Å². The summed E-state index contributed by atoms with van der Waals surface area (Å²) in [6.45, 7) is 4.05. The number of hydrogen-bond donors (Lipinski definition) is 0. The van der Waals surface area contributed by atoms with E-state index in [2.05, 4.69) is 0 Å². The zero-order valence-electron chi connectivity index (χ0n) is 10.6. The van der Waals surface area contributed by atoms with E-state index in [9.17, 15) is 4.79 Å². The first-order valence-electron chi connectivity index (χ1n) is 5.95. The molecule has 2 aromatic rings. The Morgan fingerprint density at radius 3 is 2.50 bits per heavy atom. The minimum atomic E-state index is 0.0551. The van der Waals surface area contributed by atoms with Crippen molar-refractivity contribution in [2.24, 2.45) is 0 Å².